The molecule has 0 radical (unpaired) electrons. The predicted molar refractivity (Wildman–Crippen MR) is 185 cm³/mol. The lowest BCUT2D eigenvalue weighted by molar-refractivity contribution is -0.364. The number of carbonyl (C=O) groups excluding carboxylic acids is 1. The van der Waals surface area contributed by atoms with Gasteiger partial charge in [-0.2, -0.15) is 0 Å². The van der Waals surface area contributed by atoms with Crippen molar-refractivity contribution in [3.8, 4) is 23.0 Å². The third-order valence-corrected chi connectivity index (χ3v) is 9.57. The van der Waals surface area contributed by atoms with Gasteiger partial charge in [0.15, 0.2) is 48.0 Å². The van der Waals surface area contributed by atoms with E-state index in [9.17, 15) is 61.0 Å². The first kappa shape index (κ1) is 43.4. The molecule has 15 atom stereocenters. The van der Waals surface area contributed by atoms with Gasteiger partial charge in [0.05, 0.1) is 33.0 Å². The second-order valence-electron chi connectivity index (χ2n) is 13.5. The number of aromatic hydroxyl groups is 3. The van der Waals surface area contributed by atoms with E-state index >= 15 is 0 Å². The average molecular weight is 801 g/mol. The van der Waals surface area contributed by atoms with Crippen molar-refractivity contribution >= 4 is 12.0 Å². The topological polar surface area (TPSA) is 313 Å². The Morgan fingerprint density at radius 2 is 1.38 bits per heavy atom. The van der Waals surface area contributed by atoms with E-state index in [-0.39, 0.29) is 36.0 Å². The minimum atomic E-state index is -1.87. The number of benzene rings is 2. The van der Waals surface area contributed by atoms with Crippen LogP contribution in [0.3, 0.4) is 0 Å². The van der Waals surface area contributed by atoms with Crippen LogP contribution in [0, 0.1) is 0 Å². The second-order valence-corrected chi connectivity index (χ2v) is 13.5. The van der Waals surface area contributed by atoms with Crippen LogP contribution < -0.4 is 4.74 Å². The lowest BCUT2D eigenvalue weighted by Gasteiger charge is -2.47. The molecule has 2 aromatic rings. The summed E-state index contributed by atoms with van der Waals surface area (Å²) in [6.45, 7) is -0.207. The monoisotopic (exact) mass is 800 g/mol. The zero-order chi connectivity index (χ0) is 40.8. The summed E-state index contributed by atoms with van der Waals surface area (Å²) in [5.74, 6) is -1.81. The van der Waals surface area contributed by atoms with Gasteiger partial charge in [-0.25, -0.2) is 4.79 Å². The van der Waals surface area contributed by atoms with Crippen molar-refractivity contribution in [3.05, 3.63) is 53.6 Å². The highest BCUT2D eigenvalue weighted by Gasteiger charge is 2.53. The Labute approximate surface area is 319 Å². The van der Waals surface area contributed by atoms with Crippen LogP contribution in [0.4, 0.5) is 0 Å². The van der Waals surface area contributed by atoms with Crippen molar-refractivity contribution in [2.24, 2.45) is 0 Å². The predicted octanol–water partition coefficient (Wildman–Crippen LogP) is -2.89. The molecule has 3 saturated heterocycles. The molecule has 0 bridgehead atoms. The Morgan fingerprint density at radius 1 is 0.714 bits per heavy atom. The van der Waals surface area contributed by atoms with Gasteiger partial charge in [-0.05, 0) is 54.8 Å². The van der Waals surface area contributed by atoms with Crippen molar-refractivity contribution in [1.82, 2.24) is 0 Å². The lowest BCUT2D eigenvalue weighted by atomic mass is 9.96. The summed E-state index contributed by atoms with van der Waals surface area (Å²) < 4.78 is 45.5. The first-order valence-electron chi connectivity index (χ1n) is 17.6. The summed E-state index contributed by atoms with van der Waals surface area (Å²) in [5.41, 5.74) is 0.925. The van der Waals surface area contributed by atoms with Crippen LogP contribution in [0.15, 0.2) is 42.5 Å². The molecule has 0 spiro atoms. The van der Waals surface area contributed by atoms with E-state index in [0.29, 0.717) is 11.1 Å². The van der Waals surface area contributed by atoms with E-state index in [4.69, 9.17) is 37.9 Å². The first-order chi connectivity index (χ1) is 26.6. The molecule has 2 aromatic carbocycles. The summed E-state index contributed by atoms with van der Waals surface area (Å²) >= 11 is 0. The molecular formula is C36H48O20. The van der Waals surface area contributed by atoms with Gasteiger partial charge in [0.25, 0.3) is 0 Å². The number of phenols is 3. The number of aliphatic hydroxyl groups excluding tert-OH is 8. The molecule has 3 heterocycles. The molecule has 0 amide bonds. The maximum Gasteiger partial charge on any atom is 0.331 e. The Hall–Kier alpha value is -3.71. The zero-order valence-corrected chi connectivity index (χ0v) is 30.2. The minimum absolute atomic E-state index is 0.115. The van der Waals surface area contributed by atoms with Crippen molar-refractivity contribution in [1.29, 1.82) is 0 Å². The number of hydrogen-bond acceptors (Lipinski definition) is 20. The summed E-state index contributed by atoms with van der Waals surface area (Å²) in [4.78, 5) is 13.4. The number of phenolic OH excluding ortho intramolecular Hbond substituents is 3. The SMILES string of the molecule is COc1cc(/C=C/C(=O)OC2C(COC3OC(CO)C(O)C(O)C3O)OC(OCCc3ccc(O)c(O)c3)C(O)C2OC2OC(C)C(O)C(O)C2O)ccc1O. The molecule has 0 aromatic heterocycles. The third-order valence-electron chi connectivity index (χ3n) is 9.57. The zero-order valence-electron chi connectivity index (χ0n) is 30.2. The van der Waals surface area contributed by atoms with Crippen LogP contribution in [-0.4, -0.2) is 181 Å². The van der Waals surface area contributed by atoms with Gasteiger partial charge in [-0.15, -0.1) is 0 Å². The number of carbonyl (C=O) groups is 1. The number of ether oxygens (including phenoxy) is 8. The molecule has 0 aliphatic carbocycles. The fourth-order valence-corrected chi connectivity index (χ4v) is 6.29. The van der Waals surface area contributed by atoms with Gasteiger partial charge in [0.1, 0.15) is 61.0 Å². The largest absolute Gasteiger partial charge is 0.504 e. The van der Waals surface area contributed by atoms with E-state index in [2.05, 4.69) is 0 Å². The summed E-state index contributed by atoms with van der Waals surface area (Å²) in [6, 6.07) is 8.31. The van der Waals surface area contributed by atoms with E-state index < -0.39 is 111 Å². The molecule has 3 aliphatic rings. The van der Waals surface area contributed by atoms with Crippen LogP contribution >= 0.6 is 0 Å². The molecule has 20 nitrogen and oxygen atoms in total. The third kappa shape index (κ3) is 10.0. The van der Waals surface area contributed by atoms with Gasteiger partial charge in [-0.3, -0.25) is 0 Å². The summed E-state index contributed by atoms with van der Waals surface area (Å²) in [5, 5.41) is 113. The minimum Gasteiger partial charge on any atom is -0.504 e. The number of aliphatic hydroxyl groups is 8. The van der Waals surface area contributed by atoms with Crippen molar-refractivity contribution in [2.75, 3.05) is 26.9 Å². The van der Waals surface area contributed by atoms with Gasteiger partial charge in [0.2, 0.25) is 0 Å². The maximum atomic E-state index is 13.4. The van der Waals surface area contributed by atoms with Gasteiger partial charge in [0, 0.05) is 6.08 Å². The van der Waals surface area contributed by atoms with Crippen LogP contribution in [0.25, 0.3) is 6.08 Å². The molecule has 20 heteroatoms. The summed E-state index contributed by atoms with van der Waals surface area (Å²) in [7, 11) is 1.33. The molecule has 5 rings (SSSR count). The number of rotatable bonds is 14. The standard InChI is InChI=1S/C36H48O20/c1-15-25(42)27(44)30(47)36(52-15)56-33-31(48)35(50-10-9-17-3-6-18(38)20(40)11-17)54-23(14-51-34-29(46)28(45)26(43)22(13-37)53-34)32(33)55-24(41)8-5-16-4-7-19(39)21(12-16)49-2/h3-8,11-12,15,22-23,25-40,42-48H,9-10,13-14H2,1-2H3/b8-5+. The Kier molecular flexibility index (Phi) is 14.9. The van der Waals surface area contributed by atoms with E-state index in [0.717, 1.165) is 6.08 Å². The number of esters is 1. The first-order valence-corrected chi connectivity index (χ1v) is 17.6. The van der Waals surface area contributed by atoms with E-state index in [1.54, 1.807) is 0 Å². The summed E-state index contributed by atoms with van der Waals surface area (Å²) in [6.07, 6.45) is -22.2. The van der Waals surface area contributed by atoms with Gasteiger partial charge >= 0.3 is 5.97 Å². The Balaban J connectivity index is 1.44. The molecule has 3 aliphatic heterocycles. The molecular weight excluding hydrogens is 752 g/mol. The normalized spacial score (nSPS) is 36.4. The van der Waals surface area contributed by atoms with E-state index in [1.165, 1.54) is 56.5 Å². The quantitative estimate of drug-likeness (QED) is 0.0519. The van der Waals surface area contributed by atoms with Gasteiger partial charge in [-0.1, -0.05) is 12.1 Å². The van der Waals surface area contributed by atoms with Crippen LogP contribution in [0.1, 0.15) is 18.1 Å². The fourth-order valence-electron chi connectivity index (χ4n) is 6.29. The van der Waals surface area contributed by atoms with Crippen molar-refractivity contribution < 1.29 is 98.9 Å². The molecule has 11 N–H and O–H groups in total. The smallest absolute Gasteiger partial charge is 0.331 e. The number of methoxy groups -OCH3 is 1. The Bertz CT molecular complexity index is 1620. The highest BCUT2D eigenvalue weighted by Crippen LogP contribution is 2.33. The Morgan fingerprint density at radius 3 is 2.07 bits per heavy atom. The average Bonchev–Trinajstić information content (AvgIpc) is 3.18. The number of hydrogen-bond donors (Lipinski definition) is 11. The molecule has 0 saturated carbocycles. The van der Waals surface area contributed by atoms with Crippen LogP contribution in [-0.2, 0) is 44.4 Å². The molecule has 3 fully saturated rings. The molecule has 312 valence electrons. The highest BCUT2D eigenvalue weighted by molar-refractivity contribution is 5.87. The highest BCUT2D eigenvalue weighted by atomic mass is 16.8. The lowest BCUT2D eigenvalue weighted by Crippen LogP contribution is -2.65. The second kappa shape index (κ2) is 19.2. The van der Waals surface area contributed by atoms with Crippen LogP contribution in [0.2, 0.25) is 0 Å². The molecule has 56 heavy (non-hydrogen) atoms. The molecule has 15 unspecified atom stereocenters. The maximum absolute atomic E-state index is 13.4. The van der Waals surface area contributed by atoms with Crippen molar-refractivity contribution in [2.45, 2.75) is 105 Å². The van der Waals surface area contributed by atoms with E-state index in [1.807, 2.05) is 0 Å². The van der Waals surface area contributed by atoms with Gasteiger partial charge < -0.3 is 94.1 Å². The fraction of sp³-hybridized carbons (Fsp3) is 0.583. The van der Waals surface area contributed by atoms with Crippen molar-refractivity contribution in [3.63, 3.8) is 0 Å². The van der Waals surface area contributed by atoms with Crippen LogP contribution in [0.5, 0.6) is 23.0 Å².